The molecule has 3 nitrogen and oxygen atoms in total. The van der Waals surface area contributed by atoms with Crippen LogP contribution in [0.2, 0.25) is 0 Å². The highest BCUT2D eigenvalue weighted by atomic mass is 16.5. The molecule has 0 bridgehead atoms. The first-order valence-corrected chi connectivity index (χ1v) is 4.94. The minimum absolute atomic E-state index is 0.121. The lowest BCUT2D eigenvalue weighted by molar-refractivity contribution is 0.413. The third-order valence-electron chi connectivity index (χ3n) is 2.87. The first-order chi connectivity index (χ1) is 6.72. The van der Waals surface area contributed by atoms with Crippen LogP contribution in [0.4, 0.5) is 5.69 Å². The van der Waals surface area contributed by atoms with E-state index in [1.807, 2.05) is 12.1 Å². The van der Waals surface area contributed by atoms with Gasteiger partial charge in [-0.15, -0.1) is 0 Å². The quantitative estimate of drug-likeness (QED) is 0.664. The summed E-state index contributed by atoms with van der Waals surface area (Å²) >= 11 is 0. The Bertz CT molecular complexity index is 349. The zero-order chi connectivity index (χ0) is 10.1. The van der Waals surface area contributed by atoms with Crippen molar-refractivity contribution >= 4 is 5.69 Å². The van der Waals surface area contributed by atoms with Crippen molar-refractivity contribution in [3.8, 4) is 5.75 Å². The summed E-state index contributed by atoms with van der Waals surface area (Å²) in [4.78, 5) is 0. The summed E-state index contributed by atoms with van der Waals surface area (Å²) in [7, 11) is 1.65. The number of anilines is 1. The molecule has 0 aliphatic heterocycles. The number of hydrogen-bond donors (Lipinski definition) is 2. The molecule has 1 aliphatic carbocycles. The van der Waals surface area contributed by atoms with Gasteiger partial charge in [0.05, 0.1) is 7.11 Å². The van der Waals surface area contributed by atoms with Crippen molar-refractivity contribution in [1.29, 1.82) is 0 Å². The number of methoxy groups -OCH3 is 1. The molecule has 1 unspecified atom stereocenters. The molecule has 0 amide bonds. The molecule has 0 spiro atoms. The molecule has 1 aromatic rings. The van der Waals surface area contributed by atoms with Gasteiger partial charge in [0.25, 0.3) is 0 Å². The van der Waals surface area contributed by atoms with Crippen LogP contribution in [-0.4, -0.2) is 7.11 Å². The van der Waals surface area contributed by atoms with Crippen molar-refractivity contribution < 1.29 is 4.74 Å². The summed E-state index contributed by atoms with van der Waals surface area (Å²) in [5.41, 5.74) is 15.2. The molecule has 0 fully saturated rings. The summed E-state index contributed by atoms with van der Waals surface area (Å²) < 4.78 is 5.17. The zero-order valence-electron chi connectivity index (χ0n) is 8.42. The van der Waals surface area contributed by atoms with Gasteiger partial charge < -0.3 is 16.2 Å². The van der Waals surface area contributed by atoms with E-state index >= 15 is 0 Å². The van der Waals surface area contributed by atoms with Crippen LogP contribution in [0.15, 0.2) is 12.1 Å². The van der Waals surface area contributed by atoms with Crippen LogP contribution in [-0.2, 0) is 6.42 Å². The van der Waals surface area contributed by atoms with E-state index in [0.717, 1.165) is 36.3 Å². The van der Waals surface area contributed by atoms with E-state index in [0.29, 0.717) is 0 Å². The number of rotatable bonds is 1. The van der Waals surface area contributed by atoms with Crippen molar-refractivity contribution in [2.75, 3.05) is 12.8 Å². The molecular formula is C11H16N2O. The molecule has 0 aromatic heterocycles. The van der Waals surface area contributed by atoms with Crippen molar-refractivity contribution in [3.05, 3.63) is 23.3 Å². The largest absolute Gasteiger partial charge is 0.497 e. The van der Waals surface area contributed by atoms with Gasteiger partial charge in [0.2, 0.25) is 0 Å². The molecule has 2 rings (SSSR count). The number of fused-ring (bicyclic) bond motifs is 1. The van der Waals surface area contributed by atoms with E-state index in [-0.39, 0.29) is 6.04 Å². The molecule has 14 heavy (non-hydrogen) atoms. The van der Waals surface area contributed by atoms with Crippen LogP contribution < -0.4 is 16.2 Å². The predicted octanol–water partition coefficient (Wildman–Crippen LogP) is 1.61. The highest BCUT2D eigenvalue weighted by Crippen LogP contribution is 2.34. The lowest BCUT2D eigenvalue weighted by Crippen LogP contribution is -2.18. The number of benzene rings is 1. The first kappa shape index (κ1) is 9.34. The Kier molecular flexibility index (Phi) is 2.33. The lowest BCUT2D eigenvalue weighted by atomic mass is 9.87. The third-order valence-corrected chi connectivity index (χ3v) is 2.87. The summed E-state index contributed by atoms with van der Waals surface area (Å²) in [6.07, 6.45) is 3.21. The van der Waals surface area contributed by atoms with Crippen molar-refractivity contribution in [1.82, 2.24) is 0 Å². The van der Waals surface area contributed by atoms with Gasteiger partial charge >= 0.3 is 0 Å². The van der Waals surface area contributed by atoms with E-state index in [1.54, 1.807) is 7.11 Å². The fraction of sp³-hybridized carbons (Fsp3) is 0.455. The molecule has 0 saturated carbocycles. The Morgan fingerprint density at radius 1 is 1.43 bits per heavy atom. The molecular weight excluding hydrogens is 176 g/mol. The van der Waals surface area contributed by atoms with Crippen LogP contribution in [0.3, 0.4) is 0 Å². The normalized spacial score (nSPS) is 20.3. The van der Waals surface area contributed by atoms with Gasteiger partial charge in [0, 0.05) is 17.8 Å². The number of nitrogens with two attached hydrogens (primary N) is 2. The molecule has 1 atom stereocenters. The molecule has 76 valence electrons. The molecule has 0 saturated heterocycles. The fourth-order valence-electron chi connectivity index (χ4n) is 2.08. The van der Waals surface area contributed by atoms with Crippen molar-refractivity contribution in [3.63, 3.8) is 0 Å². The van der Waals surface area contributed by atoms with Gasteiger partial charge in [-0.1, -0.05) is 0 Å². The summed E-state index contributed by atoms with van der Waals surface area (Å²) in [5.74, 6) is 0.804. The standard InChI is InChI=1S/C11H16N2O/c1-14-7-5-9-8(11(13)6-7)3-2-4-10(9)12/h5-6,10H,2-4,12-13H2,1H3. The minimum atomic E-state index is 0.121. The highest BCUT2D eigenvalue weighted by molar-refractivity contribution is 5.57. The van der Waals surface area contributed by atoms with E-state index in [2.05, 4.69) is 0 Å². The van der Waals surface area contributed by atoms with Gasteiger partial charge in [-0.3, -0.25) is 0 Å². The van der Waals surface area contributed by atoms with E-state index in [1.165, 1.54) is 5.56 Å². The Balaban J connectivity index is 2.51. The average Bonchev–Trinajstić information content (AvgIpc) is 2.19. The SMILES string of the molecule is COc1cc(N)c2c(c1)C(N)CCC2. The van der Waals surface area contributed by atoms with Crippen LogP contribution in [0.1, 0.15) is 30.0 Å². The topological polar surface area (TPSA) is 61.3 Å². The maximum Gasteiger partial charge on any atom is 0.121 e. The second-order valence-corrected chi connectivity index (χ2v) is 3.78. The maximum absolute atomic E-state index is 6.03. The summed E-state index contributed by atoms with van der Waals surface area (Å²) in [6, 6.07) is 4.00. The van der Waals surface area contributed by atoms with Gasteiger partial charge in [-0.2, -0.15) is 0 Å². The van der Waals surface area contributed by atoms with Gasteiger partial charge in [0.15, 0.2) is 0 Å². The van der Waals surface area contributed by atoms with Gasteiger partial charge in [-0.25, -0.2) is 0 Å². The molecule has 3 heteroatoms. The summed E-state index contributed by atoms with van der Waals surface area (Å²) in [6.45, 7) is 0. The van der Waals surface area contributed by atoms with Gasteiger partial charge in [-0.05, 0) is 36.5 Å². The van der Waals surface area contributed by atoms with E-state index < -0.39 is 0 Å². The average molecular weight is 192 g/mol. The predicted molar refractivity (Wildman–Crippen MR) is 57.3 cm³/mol. The van der Waals surface area contributed by atoms with Crippen molar-refractivity contribution in [2.24, 2.45) is 5.73 Å². The fourth-order valence-corrected chi connectivity index (χ4v) is 2.08. The smallest absolute Gasteiger partial charge is 0.121 e. The monoisotopic (exact) mass is 192 g/mol. The van der Waals surface area contributed by atoms with Crippen LogP contribution in [0.25, 0.3) is 0 Å². The number of hydrogen-bond acceptors (Lipinski definition) is 3. The van der Waals surface area contributed by atoms with Crippen LogP contribution in [0, 0.1) is 0 Å². The first-order valence-electron chi connectivity index (χ1n) is 4.94. The number of ether oxygens (including phenoxy) is 1. The number of nitrogen functional groups attached to an aromatic ring is 1. The second kappa shape index (κ2) is 3.50. The van der Waals surface area contributed by atoms with Crippen LogP contribution in [0.5, 0.6) is 5.75 Å². The Labute approximate surface area is 84.0 Å². The van der Waals surface area contributed by atoms with Crippen molar-refractivity contribution in [2.45, 2.75) is 25.3 Å². The molecule has 4 N–H and O–H groups in total. The molecule has 0 radical (unpaired) electrons. The molecule has 1 aliphatic rings. The van der Waals surface area contributed by atoms with E-state index in [9.17, 15) is 0 Å². The molecule has 1 aromatic carbocycles. The van der Waals surface area contributed by atoms with E-state index in [4.69, 9.17) is 16.2 Å². The minimum Gasteiger partial charge on any atom is -0.497 e. The maximum atomic E-state index is 6.03. The zero-order valence-corrected chi connectivity index (χ0v) is 8.42. The Morgan fingerprint density at radius 3 is 2.93 bits per heavy atom. The Hall–Kier alpha value is -1.22. The third kappa shape index (κ3) is 1.44. The summed E-state index contributed by atoms with van der Waals surface area (Å²) in [5, 5.41) is 0. The van der Waals surface area contributed by atoms with Gasteiger partial charge in [0.1, 0.15) is 5.75 Å². The lowest BCUT2D eigenvalue weighted by Gasteiger charge is -2.24. The highest BCUT2D eigenvalue weighted by Gasteiger charge is 2.19. The second-order valence-electron chi connectivity index (χ2n) is 3.78. The Morgan fingerprint density at radius 2 is 2.21 bits per heavy atom. The molecule has 0 heterocycles. The van der Waals surface area contributed by atoms with Crippen LogP contribution >= 0.6 is 0 Å².